The fourth-order valence-electron chi connectivity index (χ4n) is 3.03. The lowest BCUT2D eigenvalue weighted by Crippen LogP contribution is -2.53. The Morgan fingerprint density at radius 1 is 1.32 bits per heavy atom. The maximum absolute atomic E-state index is 12.3. The molecule has 0 spiro atoms. The van der Waals surface area contributed by atoms with Crippen molar-refractivity contribution in [1.29, 1.82) is 0 Å². The number of nitrogens with zero attached hydrogens (tertiary/aromatic N) is 2. The van der Waals surface area contributed by atoms with Crippen LogP contribution in [0.15, 0.2) is 0 Å². The van der Waals surface area contributed by atoms with Crippen molar-refractivity contribution in [1.82, 2.24) is 9.80 Å². The molecule has 0 aromatic heterocycles. The summed E-state index contributed by atoms with van der Waals surface area (Å²) in [7, 11) is 0. The Labute approximate surface area is 112 Å². The van der Waals surface area contributed by atoms with Gasteiger partial charge in [0.05, 0.1) is 12.5 Å². The van der Waals surface area contributed by atoms with E-state index in [1.165, 1.54) is 4.90 Å². The molecule has 2 fully saturated rings. The molecule has 106 valence electrons. The maximum atomic E-state index is 12.3. The Morgan fingerprint density at radius 3 is 2.53 bits per heavy atom. The Kier molecular flexibility index (Phi) is 3.89. The summed E-state index contributed by atoms with van der Waals surface area (Å²) < 4.78 is 0. The molecule has 0 aliphatic carbocycles. The van der Waals surface area contributed by atoms with Crippen LogP contribution in [0.5, 0.6) is 0 Å². The zero-order chi connectivity index (χ0) is 14.2. The summed E-state index contributed by atoms with van der Waals surface area (Å²) in [5, 5.41) is 9.24. The second-order valence-electron chi connectivity index (χ2n) is 5.50. The number of aliphatic carboxylic acids is 1. The standard InChI is InChI=1S/C13H20N2O4/c1-8(2)15-11(16)7-10(12(15)17)14-6-4-3-5-9(14)13(18)19/h8-10H,3-7H2,1-2H3,(H,18,19). The number of carboxylic acids is 1. The molecule has 6 nitrogen and oxygen atoms in total. The first-order valence-electron chi connectivity index (χ1n) is 6.78. The quantitative estimate of drug-likeness (QED) is 0.752. The molecule has 2 amide bonds. The van der Waals surface area contributed by atoms with Crippen molar-refractivity contribution in [3.63, 3.8) is 0 Å². The third kappa shape index (κ3) is 2.49. The van der Waals surface area contributed by atoms with Gasteiger partial charge in [-0.05, 0) is 33.2 Å². The van der Waals surface area contributed by atoms with Crippen LogP contribution in [-0.4, -0.2) is 57.4 Å². The molecule has 1 N–H and O–H groups in total. The minimum absolute atomic E-state index is 0.112. The van der Waals surface area contributed by atoms with Crippen LogP contribution in [0, 0.1) is 0 Å². The Hall–Kier alpha value is -1.43. The highest BCUT2D eigenvalue weighted by Gasteiger charge is 2.46. The van der Waals surface area contributed by atoms with E-state index in [9.17, 15) is 19.5 Å². The fraction of sp³-hybridized carbons (Fsp3) is 0.769. The number of likely N-dealkylation sites (tertiary alicyclic amines) is 2. The third-order valence-corrected chi connectivity index (χ3v) is 3.91. The molecule has 2 aliphatic rings. The van der Waals surface area contributed by atoms with Gasteiger partial charge in [-0.15, -0.1) is 0 Å². The number of hydrogen-bond donors (Lipinski definition) is 1. The molecule has 0 radical (unpaired) electrons. The molecule has 0 aromatic carbocycles. The van der Waals surface area contributed by atoms with Gasteiger partial charge < -0.3 is 5.11 Å². The first-order chi connectivity index (χ1) is 8.93. The van der Waals surface area contributed by atoms with Crippen LogP contribution in [0.1, 0.15) is 39.5 Å². The SMILES string of the molecule is CC(C)N1C(=O)CC(N2CCCCC2C(=O)O)C1=O. The molecule has 6 heteroatoms. The van der Waals surface area contributed by atoms with Crippen LogP contribution < -0.4 is 0 Å². The van der Waals surface area contributed by atoms with Gasteiger partial charge in [-0.25, -0.2) is 0 Å². The summed E-state index contributed by atoms with van der Waals surface area (Å²) in [4.78, 5) is 38.4. The van der Waals surface area contributed by atoms with E-state index in [1.54, 1.807) is 18.7 Å². The minimum Gasteiger partial charge on any atom is -0.480 e. The van der Waals surface area contributed by atoms with Gasteiger partial charge in [0, 0.05) is 6.04 Å². The van der Waals surface area contributed by atoms with Gasteiger partial charge in [-0.3, -0.25) is 24.2 Å². The summed E-state index contributed by atoms with van der Waals surface area (Å²) in [6.07, 6.45) is 2.40. The molecule has 0 bridgehead atoms. The average Bonchev–Trinajstić information content (AvgIpc) is 2.64. The van der Waals surface area contributed by atoms with Crippen molar-refractivity contribution >= 4 is 17.8 Å². The zero-order valence-corrected chi connectivity index (χ0v) is 11.3. The third-order valence-electron chi connectivity index (χ3n) is 3.91. The molecule has 19 heavy (non-hydrogen) atoms. The summed E-state index contributed by atoms with van der Waals surface area (Å²) in [6, 6.07) is -1.39. The number of carbonyl (C=O) groups is 3. The second-order valence-corrected chi connectivity index (χ2v) is 5.50. The largest absolute Gasteiger partial charge is 0.480 e. The predicted octanol–water partition coefficient (Wildman–Crippen LogP) is 0.461. The van der Waals surface area contributed by atoms with E-state index in [1.807, 2.05) is 0 Å². The van der Waals surface area contributed by atoms with E-state index in [2.05, 4.69) is 0 Å². The van der Waals surface area contributed by atoms with Crippen LogP contribution in [-0.2, 0) is 14.4 Å². The number of rotatable bonds is 3. The smallest absolute Gasteiger partial charge is 0.320 e. The van der Waals surface area contributed by atoms with Gasteiger partial charge in [0.2, 0.25) is 11.8 Å². The van der Waals surface area contributed by atoms with E-state index in [-0.39, 0.29) is 24.3 Å². The van der Waals surface area contributed by atoms with Gasteiger partial charge in [-0.1, -0.05) is 6.42 Å². The molecule has 0 saturated carbocycles. The van der Waals surface area contributed by atoms with Gasteiger partial charge in [-0.2, -0.15) is 0 Å². The van der Waals surface area contributed by atoms with Crippen molar-refractivity contribution in [3.8, 4) is 0 Å². The summed E-state index contributed by atoms with van der Waals surface area (Å²) >= 11 is 0. The van der Waals surface area contributed by atoms with Crippen molar-refractivity contribution in [2.24, 2.45) is 0 Å². The number of amides is 2. The summed E-state index contributed by atoms with van der Waals surface area (Å²) in [5.74, 6) is -1.34. The van der Waals surface area contributed by atoms with Crippen LogP contribution in [0.2, 0.25) is 0 Å². The molecular weight excluding hydrogens is 248 g/mol. The molecule has 2 aliphatic heterocycles. The maximum Gasteiger partial charge on any atom is 0.320 e. The van der Waals surface area contributed by atoms with Crippen LogP contribution in [0.3, 0.4) is 0 Å². The van der Waals surface area contributed by atoms with Crippen molar-refractivity contribution in [3.05, 3.63) is 0 Å². The number of carbonyl (C=O) groups excluding carboxylic acids is 2. The summed E-state index contributed by atoms with van der Waals surface area (Å²) in [6.45, 7) is 4.17. The highest BCUT2D eigenvalue weighted by Crippen LogP contribution is 2.27. The topological polar surface area (TPSA) is 77.9 Å². The predicted molar refractivity (Wildman–Crippen MR) is 67.4 cm³/mol. The molecule has 2 atom stereocenters. The van der Waals surface area contributed by atoms with Crippen molar-refractivity contribution < 1.29 is 19.5 Å². The fourth-order valence-corrected chi connectivity index (χ4v) is 3.03. The molecule has 2 unspecified atom stereocenters. The van der Waals surface area contributed by atoms with Crippen LogP contribution in [0.4, 0.5) is 0 Å². The number of carboxylic acid groups (broad SMARTS) is 1. The second kappa shape index (κ2) is 5.28. The molecular formula is C13H20N2O4. The molecule has 2 heterocycles. The number of piperidine rings is 1. The average molecular weight is 268 g/mol. The lowest BCUT2D eigenvalue weighted by Gasteiger charge is -2.36. The minimum atomic E-state index is -0.900. The highest BCUT2D eigenvalue weighted by molar-refractivity contribution is 6.06. The normalized spacial score (nSPS) is 29.3. The Morgan fingerprint density at radius 2 is 2.00 bits per heavy atom. The van der Waals surface area contributed by atoms with Gasteiger partial charge in [0.1, 0.15) is 6.04 Å². The van der Waals surface area contributed by atoms with E-state index in [0.29, 0.717) is 13.0 Å². The van der Waals surface area contributed by atoms with E-state index in [0.717, 1.165) is 12.8 Å². The van der Waals surface area contributed by atoms with Crippen LogP contribution >= 0.6 is 0 Å². The van der Waals surface area contributed by atoms with E-state index in [4.69, 9.17) is 0 Å². The Balaban J connectivity index is 2.19. The molecule has 2 rings (SSSR count). The Bertz CT molecular complexity index is 407. The molecule has 0 aromatic rings. The van der Waals surface area contributed by atoms with E-state index >= 15 is 0 Å². The lowest BCUT2D eigenvalue weighted by atomic mass is 9.99. The summed E-state index contributed by atoms with van der Waals surface area (Å²) in [5.41, 5.74) is 0. The lowest BCUT2D eigenvalue weighted by molar-refractivity contribution is -0.148. The monoisotopic (exact) mass is 268 g/mol. The van der Waals surface area contributed by atoms with Gasteiger partial charge in [0.15, 0.2) is 0 Å². The van der Waals surface area contributed by atoms with Gasteiger partial charge in [0.25, 0.3) is 0 Å². The molecule has 2 saturated heterocycles. The number of hydrogen-bond acceptors (Lipinski definition) is 4. The van der Waals surface area contributed by atoms with Gasteiger partial charge >= 0.3 is 5.97 Å². The van der Waals surface area contributed by atoms with Crippen LogP contribution in [0.25, 0.3) is 0 Å². The van der Waals surface area contributed by atoms with Crippen molar-refractivity contribution in [2.45, 2.75) is 57.7 Å². The van der Waals surface area contributed by atoms with E-state index < -0.39 is 18.1 Å². The first-order valence-corrected chi connectivity index (χ1v) is 6.78. The zero-order valence-electron chi connectivity index (χ0n) is 11.3. The van der Waals surface area contributed by atoms with Crippen molar-refractivity contribution in [2.75, 3.05) is 6.54 Å². The number of imide groups is 1. The highest BCUT2D eigenvalue weighted by atomic mass is 16.4. The first kappa shape index (κ1) is 14.0.